The van der Waals surface area contributed by atoms with Crippen LogP contribution in [0.5, 0.6) is 0 Å². The van der Waals surface area contributed by atoms with Gasteiger partial charge in [0.15, 0.2) is 0 Å². The Hall–Kier alpha value is -0.400. The first-order valence-corrected chi connectivity index (χ1v) is 4.12. The van der Waals surface area contributed by atoms with Crippen molar-refractivity contribution in [2.24, 2.45) is 0 Å². The third-order valence-corrected chi connectivity index (χ3v) is 2.07. The molecule has 0 aromatic heterocycles. The van der Waals surface area contributed by atoms with Gasteiger partial charge in [0, 0.05) is 16.8 Å². The van der Waals surface area contributed by atoms with Gasteiger partial charge in [-0.3, -0.25) is 0 Å². The summed E-state index contributed by atoms with van der Waals surface area (Å²) in [6, 6.07) is 5.88. The van der Waals surface area contributed by atoms with Crippen molar-refractivity contribution in [3.63, 3.8) is 0 Å². The largest absolute Gasteiger partial charge is 0.0841 e. The Bertz CT molecular complexity index is 268. The lowest BCUT2D eigenvalue weighted by atomic mass is 10.1. The Morgan fingerprint density at radius 2 is 2.27 bits per heavy atom. The number of hydrogen-bond acceptors (Lipinski definition) is 1. The molecule has 1 aromatic carbocycles. The first-order chi connectivity index (χ1) is 5.24. The Labute approximate surface area is 77.2 Å². The lowest BCUT2D eigenvalue weighted by Gasteiger charge is -1.99. The highest BCUT2D eigenvalue weighted by Gasteiger charge is 1.95. The Morgan fingerprint density at radius 3 is 2.82 bits per heavy atom. The molecule has 0 fully saturated rings. The minimum absolute atomic E-state index is 0.716. The molecule has 11 heavy (non-hydrogen) atoms. The second kappa shape index (κ2) is 3.84. The van der Waals surface area contributed by atoms with E-state index in [1.54, 1.807) is 0 Å². The summed E-state index contributed by atoms with van der Waals surface area (Å²) in [4.78, 5) is 0. The molecule has 0 bridgehead atoms. The van der Waals surface area contributed by atoms with Crippen LogP contribution in [0.1, 0.15) is 11.1 Å². The van der Waals surface area contributed by atoms with E-state index in [2.05, 4.69) is 17.6 Å². The Morgan fingerprint density at radius 1 is 1.55 bits per heavy atom. The molecule has 0 heterocycles. The molecule has 0 aliphatic heterocycles. The van der Waals surface area contributed by atoms with Crippen LogP contribution in [0.25, 0.3) is 0 Å². The van der Waals surface area contributed by atoms with Crippen molar-refractivity contribution in [2.75, 3.05) is 0 Å². The maximum atomic E-state index is 5.83. The van der Waals surface area contributed by atoms with Crippen molar-refractivity contribution in [3.8, 4) is 0 Å². The van der Waals surface area contributed by atoms with Gasteiger partial charge in [0.25, 0.3) is 0 Å². The van der Waals surface area contributed by atoms with Gasteiger partial charge < -0.3 is 0 Å². The standard InChI is InChI=1S/C9H8ClS/c1-7-6-8(4-5-11)2-3-9(7)10/h2-3,6H,4H2,1H3. The van der Waals surface area contributed by atoms with Gasteiger partial charge in [0.05, 0.1) is 0 Å². The molecular formula is C9H8ClS. The SMILES string of the molecule is Cc1cc(C[C]=S)ccc1Cl. The van der Waals surface area contributed by atoms with E-state index in [1.165, 1.54) is 5.56 Å². The topological polar surface area (TPSA) is 0 Å². The average molecular weight is 184 g/mol. The molecule has 0 saturated heterocycles. The van der Waals surface area contributed by atoms with Gasteiger partial charge in [-0.2, -0.15) is 0 Å². The smallest absolute Gasteiger partial charge is 0.0435 e. The van der Waals surface area contributed by atoms with Crippen LogP contribution in [0.15, 0.2) is 18.2 Å². The van der Waals surface area contributed by atoms with Crippen molar-refractivity contribution in [1.29, 1.82) is 0 Å². The minimum Gasteiger partial charge on any atom is -0.0841 e. The van der Waals surface area contributed by atoms with Gasteiger partial charge in [-0.15, -0.1) is 0 Å². The summed E-state index contributed by atoms with van der Waals surface area (Å²) in [6.07, 6.45) is 0.716. The van der Waals surface area contributed by atoms with Gasteiger partial charge in [-0.05, 0) is 24.1 Å². The maximum absolute atomic E-state index is 5.83. The third-order valence-electron chi connectivity index (χ3n) is 1.50. The highest BCUT2D eigenvalue weighted by molar-refractivity contribution is 7.78. The van der Waals surface area contributed by atoms with Crippen LogP contribution in [0.4, 0.5) is 0 Å². The van der Waals surface area contributed by atoms with Crippen molar-refractivity contribution in [1.82, 2.24) is 0 Å². The monoisotopic (exact) mass is 183 g/mol. The summed E-state index contributed by atoms with van der Waals surface area (Å²) in [5.41, 5.74) is 2.26. The van der Waals surface area contributed by atoms with Crippen LogP contribution in [0, 0.1) is 6.92 Å². The molecule has 0 aliphatic carbocycles. The van der Waals surface area contributed by atoms with E-state index in [0.717, 1.165) is 10.6 Å². The fraction of sp³-hybridized carbons (Fsp3) is 0.222. The van der Waals surface area contributed by atoms with Crippen LogP contribution >= 0.6 is 23.8 Å². The summed E-state index contributed by atoms with van der Waals surface area (Å²) in [5, 5.41) is 3.47. The quantitative estimate of drug-likeness (QED) is 0.636. The number of benzene rings is 1. The molecule has 0 atom stereocenters. The van der Waals surface area contributed by atoms with Gasteiger partial charge >= 0.3 is 0 Å². The lowest BCUT2D eigenvalue weighted by molar-refractivity contribution is 1.33. The van der Waals surface area contributed by atoms with E-state index in [0.29, 0.717) is 6.42 Å². The summed E-state index contributed by atoms with van der Waals surface area (Å²) in [5.74, 6) is 0. The molecule has 1 radical (unpaired) electrons. The Kier molecular flexibility index (Phi) is 3.03. The van der Waals surface area contributed by atoms with Crippen molar-refractivity contribution in [3.05, 3.63) is 34.3 Å². The van der Waals surface area contributed by atoms with Gasteiger partial charge in [0.1, 0.15) is 0 Å². The summed E-state index contributed by atoms with van der Waals surface area (Å²) >= 11 is 10.5. The van der Waals surface area contributed by atoms with Crippen molar-refractivity contribution in [2.45, 2.75) is 13.3 Å². The number of aryl methyl sites for hydroxylation is 1. The van der Waals surface area contributed by atoms with Gasteiger partial charge in [-0.25, -0.2) is 0 Å². The molecule has 0 spiro atoms. The fourth-order valence-corrected chi connectivity index (χ4v) is 1.18. The molecule has 57 valence electrons. The van der Waals surface area contributed by atoms with Gasteiger partial charge in [-0.1, -0.05) is 36.0 Å². The first kappa shape index (κ1) is 8.69. The van der Waals surface area contributed by atoms with E-state index in [9.17, 15) is 0 Å². The zero-order chi connectivity index (χ0) is 8.27. The molecule has 0 aliphatic rings. The highest BCUT2D eigenvalue weighted by Crippen LogP contribution is 2.15. The van der Waals surface area contributed by atoms with E-state index in [4.69, 9.17) is 11.6 Å². The summed E-state index contributed by atoms with van der Waals surface area (Å²) < 4.78 is 0. The number of hydrogen-bond donors (Lipinski definition) is 0. The number of halogens is 1. The van der Waals surface area contributed by atoms with E-state index in [-0.39, 0.29) is 0 Å². The van der Waals surface area contributed by atoms with Crippen LogP contribution in [0.2, 0.25) is 5.02 Å². The third kappa shape index (κ3) is 2.28. The first-order valence-electron chi connectivity index (χ1n) is 3.34. The van der Waals surface area contributed by atoms with Crippen LogP contribution in [-0.2, 0) is 6.42 Å². The molecule has 0 N–H and O–H groups in total. The normalized spacial score (nSPS) is 9.64. The lowest BCUT2D eigenvalue weighted by Crippen LogP contribution is -1.85. The van der Waals surface area contributed by atoms with Crippen LogP contribution in [-0.4, -0.2) is 5.37 Å². The number of thiocarbonyl (C=S) groups is 1. The predicted octanol–water partition coefficient (Wildman–Crippen LogP) is 3.07. The number of rotatable bonds is 2. The average Bonchev–Trinajstić information content (AvgIpc) is 1.98. The van der Waals surface area contributed by atoms with E-state index < -0.39 is 0 Å². The maximum Gasteiger partial charge on any atom is 0.0435 e. The molecule has 0 saturated carbocycles. The van der Waals surface area contributed by atoms with Gasteiger partial charge in [0.2, 0.25) is 0 Å². The van der Waals surface area contributed by atoms with Crippen LogP contribution in [0.3, 0.4) is 0 Å². The van der Waals surface area contributed by atoms with Crippen molar-refractivity contribution >= 4 is 29.2 Å². The van der Waals surface area contributed by atoms with Crippen LogP contribution < -0.4 is 0 Å². The molecule has 2 heteroatoms. The summed E-state index contributed by atoms with van der Waals surface area (Å²) in [6.45, 7) is 1.98. The zero-order valence-electron chi connectivity index (χ0n) is 6.23. The Balaban J connectivity index is 2.95. The van der Waals surface area contributed by atoms with Crippen molar-refractivity contribution < 1.29 is 0 Å². The minimum atomic E-state index is 0.716. The zero-order valence-corrected chi connectivity index (χ0v) is 7.80. The second-order valence-corrected chi connectivity index (χ2v) is 3.10. The molecule has 0 nitrogen and oxygen atoms in total. The van der Waals surface area contributed by atoms with E-state index in [1.807, 2.05) is 25.1 Å². The molecule has 0 unspecified atom stereocenters. The van der Waals surface area contributed by atoms with E-state index >= 15 is 0 Å². The fourth-order valence-electron chi connectivity index (χ4n) is 0.900. The highest BCUT2D eigenvalue weighted by atomic mass is 35.5. The molecular weight excluding hydrogens is 176 g/mol. The molecule has 0 amide bonds. The second-order valence-electron chi connectivity index (χ2n) is 2.40. The summed E-state index contributed by atoms with van der Waals surface area (Å²) in [7, 11) is 0. The predicted molar refractivity (Wildman–Crippen MR) is 52.5 cm³/mol. The molecule has 1 rings (SSSR count). The molecule has 1 aromatic rings.